The molecule has 3 aromatic carbocycles. The van der Waals surface area contributed by atoms with E-state index in [0.29, 0.717) is 23.9 Å². The summed E-state index contributed by atoms with van der Waals surface area (Å²) in [5, 5.41) is 11.2. The Kier molecular flexibility index (Phi) is 6.60. The second-order valence-corrected chi connectivity index (χ2v) is 8.10. The molecule has 0 spiro atoms. The van der Waals surface area contributed by atoms with E-state index in [1.165, 1.54) is 12.1 Å². The molecule has 7 heteroatoms. The summed E-state index contributed by atoms with van der Waals surface area (Å²) >= 11 is 0. The van der Waals surface area contributed by atoms with Crippen LogP contribution in [0.3, 0.4) is 0 Å². The Bertz CT molecular complexity index is 1250. The van der Waals surface area contributed by atoms with Gasteiger partial charge in [-0.25, -0.2) is 4.39 Å². The van der Waals surface area contributed by atoms with Crippen LogP contribution in [0, 0.1) is 12.7 Å². The number of aromatic nitrogens is 2. The maximum atomic E-state index is 13.6. The van der Waals surface area contributed by atoms with Gasteiger partial charge in [0.2, 0.25) is 11.8 Å². The molecule has 4 rings (SSSR count). The van der Waals surface area contributed by atoms with Crippen molar-refractivity contribution in [2.45, 2.75) is 13.0 Å². The molecular formula is C26H25FN4O2. The number of benzene rings is 3. The highest BCUT2D eigenvalue weighted by atomic mass is 19.1. The Morgan fingerprint density at radius 2 is 1.67 bits per heavy atom. The van der Waals surface area contributed by atoms with Gasteiger partial charge < -0.3 is 14.6 Å². The van der Waals surface area contributed by atoms with Gasteiger partial charge in [-0.1, -0.05) is 29.8 Å². The van der Waals surface area contributed by atoms with Crippen molar-refractivity contribution in [3.63, 3.8) is 0 Å². The quantitative estimate of drug-likeness (QED) is 0.440. The molecule has 168 valence electrons. The maximum absolute atomic E-state index is 13.6. The topological polar surface area (TPSA) is 71.3 Å². The second-order valence-electron chi connectivity index (χ2n) is 8.10. The third-order valence-corrected chi connectivity index (χ3v) is 5.40. The fraction of sp³-hybridized carbons (Fsp3) is 0.192. The predicted octanol–water partition coefficient (Wildman–Crippen LogP) is 4.88. The van der Waals surface area contributed by atoms with Crippen LogP contribution in [-0.4, -0.2) is 41.6 Å². The van der Waals surface area contributed by atoms with E-state index < -0.39 is 0 Å². The third kappa shape index (κ3) is 5.32. The number of rotatable bonds is 7. The van der Waals surface area contributed by atoms with Gasteiger partial charge in [-0.15, -0.1) is 10.2 Å². The Morgan fingerprint density at radius 3 is 2.33 bits per heavy atom. The summed E-state index contributed by atoms with van der Waals surface area (Å²) in [6.07, 6.45) is 0. The third-order valence-electron chi connectivity index (χ3n) is 5.40. The first-order valence-electron chi connectivity index (χ1n) is 10.6. The summed E-state index contributed by atoms with van der Waals surface area (Å²) in [5.41, 5.74) is 4.00. The Hall–Kier alpha value is -3.84. The number of amides is 1. The minimum Gasteiger partial charge on any atom is -0.416 e. The van der Waals surface area contributed by atoms with E-state index in [-0.39, 0.29) is 17.8 Å². The predicted molar refractivity (Wildman–Crippen MR) is 125 cm³/mol. The van der Waals surface area contributed by atoms with Crippen molar-refractivity contribution in [1.29, 1.82) is 0 Å². The van der Waals surface area contributed by atoms with Crippen molar-refractivity contribution >= 4 is 5.91 Å². The zero-order valence-corrected chi connectivity index (χ0v) is 18.7. The van der Waals surface area contributed by atoms with Crippen LogP contribution in [0.1, 0.15) is 27.5 Å². The van der Waals surface area contributed by atoms with Gasteiger partial charge in [0.1, 0.15) is 5.82 Å². The van der Waals surface area contributed by atoms with E-state index in [1.807, 2.05) is 56.3 Å². The number of nitrogens with one attached hydrogen (secondary N) is 1. The maximum Gasteiger partial charge on any atom is 0.251 e. The fourth-order valence-electron chi connectivity index (χ4n) is 3.60. The molecule has 1 amide bonds. The van der Waals surface area contributed by atoms with Gasteiger partial charge in [0, 0.05) is 23.2 Å². The number of nitrogens with zero attached hydrogens (tertiary/aromatic N) is 3. The van der Waals surface area contributed by atoms with Gasteiger partial charge in [-0.2, -0.15) is 0 Å². The van der Waals surface area contributed by atoms with Crippen molar-refractivity contribution in [3.8, 4) is 22.9 Å². The summed E-state index contributed by atoms with van der Waals surface area (Å²) in [4.78, 5) is 14.6. The second kappa shape index (κ2) is 9.75. The van der Waals surface area contributed by atoms with Crippen LogP contribution >= 0.6 is 0 Å². The lowest BCUT2D eigenvalue weighted by Gasteiger charge is -2.25. The van der Waals surface area contributed by atoms with Crippen LogP contribution in [0.4, 0.5) is 4.39 Å². The van der Waals surface area contributed by atoms with E-state index in [2.05, 4.69) is 15.5 Å². The molecule has 0 radical (unpaired) electrons. The molecule has 1 aromatic heterocycles. The molecule has 33 heavy (non-hydrogen) atoms. The van der Waals surface area contributed by atoms with E-state index in [1.54, 1.807) is 30.3 Å². The van der Waals surface area contributed by atoms with Gasteiger partial charge >= 0.3 is 0 Å². The van der Waals surface area contributed by atoms with E-state index in [9.17, 15) is 9.18 Å². The molecule has 6 nitrogen and oxygen atoms in total. The van der Waals surface area contributed by atoms with Crippen LogP contribution < -0.4 is 5.32 Å². The molecule has 1 heterocycles. The number of hydrogen-bond acceptors (Lipinski definition) is 5. The lowest BCUT2D eigenvalue weighted by atomic mass is 10.1. The average Bonchev–Trinajstić information content (AvgIpc) is 3.29. The van der Waals surface area contributed by atoms with E-state index in [4.69, 9.17) is 4.42 Å². The monoisotopic (exact) mass is 444 g/mol. The largest absolute Gasteiger partial charge is 0.416 e. The molecule has 1 N–H and O–H groups in total. The van der Waals surface area contributed by atoms with Gasteiger partial charge in [0.25, 0.3) is 5.91 Å². The molecule has 0 aliphatic carbocycles. The average molecular weight is 445 g/mol. The van der Waals surface area contributed by atoms with Gasteiger partial charge in [0.05, 0.1) is 6.04 Å². The molecule has 0 fully saturated rings. The Labute approximate surface area is 192 Å². The van der Waals surface area contributed by atoms with Gasteiger partial charge in [0.15, 0.2) is 0 Å². The lowest BCUT2D eigenvalue weighted by Crippen LogP contribution is -2.34. The first kappa shape index (κ1) is 22.4. The van der Waals surface area contributed by atoms with Gasteiger partial charge in [-0.3, -0.25) is 4.79 Å². The van der Waals surface area contributed by atoms with Crippen molar-refractivity contribution in [2.75, 3.05) is 20.6 Å². The number of carbonyl (C=O) groups excluding carboxylic acids is 1. The molecular weight excluding hydrogens is 419 g/mol. The van der Waals surface area contributed by atoms with Crippen LogP contribution in [0.2, 0.25) is 0 Å². The minimum absolute atomic E-state index is 0.151. The highest BCUT2D eigenvalue weighted by Gasteiger charge is 2.17. The summed E-state index contributed by atoms with van der Waals surface area (Å²) in [5.74, 6) is 0.323. The Morgan fingerprint density at radius 1 is 0.970 bits per heavy atom. The van der Waals surface area contributed by atoms with Crippen molar-refractivity contribution in [2.24, 2.45) is 0 Å². The standard InChI is InChI=1S/C26H25FN4O2/c1-17-6-4-8-21(14-17)26-30-29-25(33-26)19-12-10-18(11-13-19)24(32)28-16-23(31(2)3)20-7-5-9-22(27)15-20/h4-15,23H,16H2,1-3H3,(H,28,32)/t23-/m0/s1. The summed E-state index contributed by atoms with van der Waals surface area (Å²) in [6, 6.07) is 21.1. The minimum atomic E-state index is -0.298. The smallest absolute Gasteiger partial charge is 0.251 e. The zero-order chi connectivity index (χ0) is 23.4. The number of aryl methyl sites for hydroxylation is 1. The van der Waals surface area contributed by atoms with Crippen molar-refractivity contribution < 1.29 is 13.6 Å². The summed E-state index contributed by atoms with van der Waals surface area (Å²) in [6.45, 7) is 2.35. The summed E-state index contributed by atoms with van der Waals surface area (Å²) in [7, 11) is 3.79. The molecule has 0 aliphatic rings. The molecule has 0 bridgehead atoms. The van der Waals surface area contributed by atoms with Crippen LogP contribution in [0.25, 0.3) is 22.9 Å². The fourth-order valence-corrected chi connectivity index (χ4v) is 3.60. The highest BCUT2D eigenvalue weighted by Crippen LogP contribution is 2.25. The SMILES string of the molecule is Cc1cccc(-c2nnc(-c3ccc(C(=O)NC[C@@H](c4cccc(F)c4)N(C)C)cc3)o2)c1. The van der Waals surface area contributed by atoms with Crippen molar-refractivity contribution in [1.82, 2.24) is 20.4 Å². The van der Waals surface area contributed by atoms with Gasteiger partial charge in [-0.05, 0) is 75.1 Å². The molecule has 0 aliphatic heterocycles. The van der Waals surface area contributed by atoms with E-state index >= 15 is 0 Å². The number of carbonyl (C=O) groups is 1. The molecule has 0 unspecified atom stereocenters. The van der Waals surface area contributed by atoms with Crippen LogP contribution in [-0.2, 0) is 0 Å². The number of halogens is 1. The first-order valence-corrected chi connectivity index (χ1v) is 10.6. The molecule has 0 saturated carbocycles. The van der Waals surface area contributed by atoms with Crippen LogP contribution in [0.15, 0.2) is 77.2 Å². The zero-order valence-electron chi connectivity index (χ0n) is 18.7. The van der Waals surface area contributed by atoms with E-state index in [0.717, 1.165) is 22.3 Å². The molecule has 1 atom stereocenters. The number of likely N-dealkylation sites (N-methyl/N-ethyl adjacent to an activating group) is 1. The Balaban J connectivity index is 1.43. The lowest BCUT2D eigenvalue weighted by molar-refractivity contribution is 0.0942. The highest BCUT2D eigenvalue weighted by molar-refractivity contribution is 5.94. The molecule has 0 saturated heterocycles. The first-order chi connectivity index (χ1) is 15.9. The van der Waals surface area contributed by atoms with Crippen molar-refractivity contribution in [3.05, 3.63) is 95.3 Å². The number of hydrogen-bond donors (Lipinski definition) is 1. The molecule has 4 aromatic rings. The normalized spacial score (nSPS) is 12.0. The van der Waals surface area contributed by atoms with Crippen LogP contribution in [0.5, 0.6) is 0 Å². The summed E-state index contributed by atoms with van der Waals surface area (Å²) < 4.78 is 19.4.